The summed E-state index contributed by atoms with van der Waals surface area (Å²) in [7, 11) is 0. The number of imidazole rings is 1. The second-order valence-electron chi connectivity index (χ2n) is 8.87. The second-order valence-corrected chi connectivity index (χ2v) is 8.87. The van der Waals surface area contributed by atoms with Crippen molar-refractivity contribution < 1.29 is 9.47 Å². The number of aromatic nitrogens is 4. The third kappa shape index (κ3) is 3.27. The maximum Gasteiger partial charge on any atom is 0.229 e. The Morgan fingerprint density at radius 1 is 0.906 bits per heavy atom. The molecule has 0 amide bonds. The molecule has 5 heterocycles. The standard InChI is InChI=1S/C23H29N7O2/c1-15-13-31-11-9-28(15)21-19-20(26-23(27-21)29-10-12-32-14-16(29)2)25-22(24-19)30-8-7-17-5-3-4-6-18(17)30/h3-6,15-16H,7-14H2,1-2H3,(H,24,25,26,27). The van der Waals surface area contributed by atoms with Crippen LogP contribution >= 0.6 is 0 Å². The summed E-state index contributed by atoms with van der Waals surface area (Å²) in [4.78, 5) is 25.3. The van der Waals surface area contributed by atoms with Gasteiger partial charge >= 0.3 is 0 Å². The smallest absolute Gasteiger partial charge is 0.229 e. The summed E-state index contributed by atoms with van der Waals surface area (Å²) in [6.07, 6.45) is 1.02. The molecule has 2 unspecified atom stereocenters. The summed E-state index contributed by atoms with van der Waals surface area (Å²) < 4.78 is 11.3. The topological polar surface area (TPSA) is 82.6 Å². The van der Waals surface area contributed by atoms with Crippen LogP contribution in [0.25, 0.3) is 11.2 Å². The molecular weight excluding hydrogens is 406 g/mol. The van der Waals surface area contributed by atoms with Gasteiger partial charge in [0.1, 0.15) is 5.52 Å². The third-order valence-electron chi connectivity index (χ3n) is 6.71. The zero-order chi connectivity index (χ0) is 21.7. The Labute approximate surface area is 187 Å². The predicted octanol–water partition coefficient (Wildman–Crippen LogP) is 2.50. The normalized spacial score (nSPS) is 23.8. The van der Waals surface area contributed by atoms with E-state index in [9.17, 15) is 0 Å². The number of anilines is 4. The molecule has 168 valence electrons. The SMILES string of the molecule is CC1COCCN1c1nc(N2CCOCC2C)c2[nH]c(N3CCc4ccccc43)nc2n1. The Morgan fingerprint density at radius 3 is 2.44 bits per heavy atom. The number of nitrogens with zero attached hydrogens (tertiary/aromatic N) is 6. The highest BCUT2D eigenvalue weighted by Crippen LogP contribution is 2.36. The van der Waals surface area contributed by atoms with Gasteiger partial charge in [-0.3, -0.25) is 0 Å². The lowest BCUT2D eigenvalue weighted by atomic mass is 10.2. The van der Waals surface area contributed by atoms with Crippen LogP contribution < -0.4 is 14.7 Å². The van der Waals surface area contributed by atoms with E-state index in [2.05, 4.69) is 57.8 Å². The molecule has 3 aliphatic heterocycles. The van der Waals surface area contributed by atoms with Crippen molar-refractivity contribution >= 4 is 34.6 Å². The van der Waals surface area contributed by atoms with Crippen LogP contribution in [0.4, 0.5) is 23.4 Å². The van der Waals surface area contributed by atoms with Crippen molar-refractivity contribution in [1.29, 1.82) is 0 Å². The van der Waals surface area contributed by atoms with Crippen LogP contribution in [-0.4, -0.2) is 78.1 Å². The number of aromatic amines is 1. The van der Waals surface area contributed by atoms with E-state index in [1.54, 1.807) is 0 Å². The van der Waals surface area contributed by atoms with Gasteiger partial charge in [-0.2, -0.15) is 15.0 Å². The summed E-state index contributed by atoms with van der Waals surface area (Å²) in [5.74, 6) is 2.46. The number of ether oxygens (including phenoxy) is 2. The van der Waals surface area contributed by atoms with E-state index in [1.807, 2.05) is 0 Å². The monoisotopic (exact) mass is 435 g/mol. The van der Waals surface area contributed by atoms with Crippen LogP contribution in [0.2, 0.25) is 0 Å². The number of para-hydroxylation sites is 1. The molecule has 0 saturated carbocycles. The summed E-state index contributed by atoms with van der Waals surface area (Å²) in [6.45, 7) is 9.57. The van der Waals surface area contributed by atoms with E-state index < -0.39 is 0 Å². The predicted molar refractivity (Wildman–Crippen MR) is 124 cm³/mol. The van der Waals surface area contributed by atoms with E-state index in [4.69, 9.17) is 24.4 Å². The molecule has 0 spiro atoms. The fourth-order valence-corrected chi connectivity index (χ4v) is 4.95. The zero-order valence-electron chi connectivity index (χ0n) is 18.6. The fourth-order valence-electron chi connectivity index (χ4n) is 4.95. The number of hydrogen-bond donors (Lipinski definition) is 1. The average Bonchev–Trinajstić information content (AvgIpc) is 3.43. The lowest BCUT2D eigenvalue weighted by Crippen LogP contribution is -2.46. The molecule has 9 heteroatoms. The van der Waals surface area contributed by atoms with Crippen molar-refractivity contribution in [3.05, 3.63) is 29.8 Å². The highest BCUT2D eigenvalue weighted by Gasteiger charge is 2.30. The number of hydrogen-bond acceptors (Lipinski definition) is 8. The van der Waals surface area contributed by atoms with Gasteiger partial charge in [-0.25, -0.2) is 0 Å². The van der Waals surface area contributed by atoms with Crippen molar-refractivity contribution in [3.63, 3.8) is 0 Å². The van der Waals surface area contributed by atoms with Crippen molar-refractivity contribution in [1.82, 2.24) is 19.9 Å². The van der Waals surface area contributed by atoms with Crippen LogP contribution in [-0.2, 0) is 15.9 Å². The van der Waals surface area contributed by atoms with E-state index in [0.717, 1.165) is 49.3 Å². The van der Waals surface area contributed by atoms with E-state index in [-0.39, 0.29) is 12.1 Å². The molecule has 3 aromatic rings. The molecule has 2 saturated heterocycles. The van der Waals surface area contributed by atoms with Gasteiger partial charge in [0.15, 0.2) is 11.5 Å². The minimum atomic E-state index is 0.222. The van der Waals surface area contributed by atoms with Crippen LogP contribution in [0, 0.1) is 0 Å². The first kappa shape index (κ1) is 19.8. The average molecular weight is 436 g/mol. The first-order chi connectivity index (χ1) is 15.7. The molecule has 2 fully saturated rings. The molecule has 0 aliphatic carbocycles. The van der Waals surface area contributed by atoms with E-state index >= 15 is 0 Å². The highest BCUT2D eigenvalue weighted by atomic mass is 16.5. The number of morpholine rings is 2. The highest BCUT2D eigenvalue weighted by molar-refractivity contribution is 5.88. The van der Waals surface area contributed by atoms with Crippen molar-refractivity contribution in [2.45, 2.75) is 32.4 Å². The molecule has 1 N–H and O–H groups in total. The molecule has 2 atom stereocenters. The van der Waals surface area contributed by atoms with Gasteiger partial charge in [0, 0.05) is 25.3 Å². The van der Waals surface area contributed by atoms with Gasteiger partial charge in [0.2, 0.25) is 11.9 Å². The lowest BCUT2D eigenvalue weighted by Gasteiger charge is -2.36. The van der Waals surface area contributed by atoms with Crippen molar-refractivity contribution in [2.75, 3.05) is 60.8 Å². The Bertz CT molecular complexity index is 1130. The molecule has 1 aromatic carbocycles. The second kappa shape index (κ2) is 7.90. The van der Waals surface area contributed by atoms with E-state index in [0.29, 0.717) is 32.1 Å². The summed E-state index contributed by atoms with van der Waals surface area (Å²) in [5.41, 5.74) is 4.16. The molecular formula is C23H29N7O2. The number of H-pyrrole nitrogens is 1. The molecule has 3 aliphatic rings. The third-order valence-corrected chi connectivity index (χ3v) is 6.71. The minimum absolute atomic E-state index is 0.222. The first-order valence-corrected chi connectivity index (χ1v) is 11.5. The number of fused-ring (bicyclic) bond motifs is 2. The van der Waals surface area contributed by atoms with Crippen molar-refractivity contribution in [3.8, 4) is 0 Å². The van der Waals surface area contributed by atoms with Gasteiger partial charge in [0.25, 0.3) is 0 Å². The minimum Gasteiger partial charge on any atom is -0.377 e. The van der Waals surface area contributed by atoms with Gasteiger partial charge < -0.3 is 29.2 Å². The lowest BCUT2D eigenvalue weighted by molar-refractivity contribution is 0.0973. The van der Waals surface area contributed by atoms with Crippen LogP contribution in [0.5, 0.6) is 0 Å². The van der Waals surface area contributed by atoms with Gasteiger partial charge in [0.05, 0.1) is 38.5 Å². The molecule has 32 heavy (non-hydrogen) atoms. The number of nitrogens with one attached hydrogen (secondary N) is 1. The summed E-state index contributed by atoms with van der Waals surface area (Å²) in [6, 6.07) is 8.98. The Morgan fingerprint density at radius 2 is 1.66 bits per heavy atom. The van der Waals surface area contributed by atoms with Crippen LogP contribution in [0.3, 0.4) is 0 Å². The summed E-state index contributed by atoms with van der Waals surface area (Å²) in [5, 5.41) is 0. The molecule has 2 aromatic heterocycles. The zero-order valence-corrected chi connectivity index (χ0v) is 18.6. The van der Waals surface area contributed by atoms with Gasteiger partial charge in [-0.1, -0.05) is 18.2 Å². The van der Waals surface area contributed by atoms with Crippen LogP contribution in [0.1, 0.15) is 19.4 Å². The number of benzene rings is 1. The van der Waals surface area contributed by atoms with Crippen LogP contribution in [0.15, 0.2) is 24.3 Å². The largest absolute Gasteiger partial charge is 0.377 e. The molecule has 0 bridgehead atoms. The maximum atomic E-state index is 5.69. The molecule has 6 rings (SSSR count). The first-order valence-electron chi connectivity index (χ1n) is 11.5. The quantitative estimate of drug-likeness (QED) is 0.672. The summed E-state index contributed by atoms with van der Waals surface area (Å²) >= 11 is 0. The Balaban J connectivity index is 1.47. The number of rotatable bonds is 3. The van der Waals surface area contributed by atoms with E-state index in [1.165, 1.54) is 11.3 Å². The molecule has 0 radical (unpaired) electrons. The maximum absolute atomic E-state index is 5.69. The fraction of sp³-hybridized carbons (Fsp3) is 0.522. The molecule has 9 nitrogen and oxygen atoms in total. The van der Waals surface area contributed by atoms with Crippen molar-refractivity contribution in [2.24, 2.45) is 0 Å². The van der Waals surface area contributed by atoms with Gasteiger partial charge in [-0.15, -0.1) is 0 Å². The Hall–Kier alpha value is -2.91. The Kier molecular flexibility index (Phi) is 4.87. The van der Waals surface area contributed by atoms with Gasteiger partial charge in [-0.05, 0) is 31.9 Å².